The SMILES string of the molecule is C[C@H]1c2ccsc2CC[NH+]1CC(=O)Nc1ccc(F)cc1. The van der Waals surface area contributed by atoms with Gasteiger partial charge in [-0.25, -0.2) is 4.39 Å². The van der Waals surface area contributed by atoms with E-state index < -0.39 is 0 Å². The molecule has 3 rings (SSSR count). The minimum atomic E-state index is -0.298. The van der Waals surface area contributed by atoms with Crippen LogP contribution in [0.4, 0.5) is 10.1 Å². The molecule has 5 heteroatoms. The molecule has 1 aliphatic heterocycles. The van der Waals surface area contributed by atoms with Crippen LogP contribution in [-0.4, -0.2) is 19.0 Å². The summed E-state index contributed by atoms with van der Waals surface area (Å²) in [5.41, 5.74) is 2.01. The van der Waals surface area contributed by atoms with Crippen molar-refractivity contribution in [2.75, 3.05) is 18.4 Å². The molecule has 21 heavy (non-hydrogen) atoms. The number of thiophene rings is 1. The largest absolute Gasteiger partial charge is 0.321 e. The van der Waals surface area contributed by atoms with E-state index in [0.717, 1.165) is 13.0 Å². The summed E-state index contributed by atoms with van der Waals surface area (Å²) in [6, 6.07) is 8.38. The molecule has 2 aromatic rings. The third-order valence-electron chi connectivity index (χ3n) is 4.05. The molecule has 0 saturated carbocycles. The van der Waals surface area contributed by atoms with Gasteiger partial charge in [-0.05, 0) is 42.6 Å². The second-order valence-electron chi connectivity index (χ2n) is 5.41. The van der Waals surface area contributed by atoms with Crippen molar-refractivity contribution < 1.29 is 14.1 Å². The van der Waals surface area contributed by atoms with Crippen LogP contribution in [-0.2, 0) is 11.2 Å². The van der Waals surface area contributed by atoms with Gasteiger partial charge in [0, 0.05) is 22.5 Å². The number of hydrogen-bond acceptors (Lipinski definition) is 2. The van der Waals surface area contributed by atoms with Crippen molar-refractivity contribution in [3.05, 3.63) is 52.0 Å². The second kappa shape index (κ2) is 5.95. The average molecular weight is 305 g/mol. The monoisotopic (exact) mass is 305 g/mol. The first kappa shape index (κ1) is 14.2. The van der Waals surface area contributed by atoms with Gasteiger partial charge in [0.05, 0.1) is 6.54 Å². The van der Waals surface area contributed by atoms with Crippen LogP contribution < -0.4 is 10.2 Å². The Bertz CT molecular complexity index is 638. The minimum Gasteiger partial charge on any atom is -0.321 e. The van der Waals surface area contributed by atoms with E-state index in [0.29, 0.717) is 18.3 Å². The summed E-state index contributed by atoms with van der Waals surface area (Å²) in [4.78, 5) is 14.9. The Morgan fingerprint density at radius 1 is 1.38 bits per heavy atom. The number of amides is 1. The number of fused-ring (bicyclic) bond motifs is 1. The number of rotatable bonds is 3. The van der Waals surface area contributed by atoms with Gasteiger partial charge in [0.25, 0.3) is 5.91 Å². The van der Waals surface area contributed by atoms with Crippen LogP contribution in [0, 0.1) is 5.82 Å². The van der Waals surface area contributed by atoms with Gasteiger partial charge in [0.1, 0.15) is 11.9 Å². The van der Waals surface area contributed by atoms with Crippen LogP contribution in [0.2, 0.25) is 0 Å². The molecule has 110 valence electrons. The molecule has 1 amide bonds. The van der Waals surface area contributed by atoms with Gasteiger partial charge in [0.15, 0.2) is 6.54 Å². The lowest BCUT2D eigenvalue weighted by atomic mass is 10.0. The highest BCUT2D eigenvalue weighted by atomic mass is 32.1. The van der Waals surface area contributed by atoms with Gasteiger partial charge in [-0.15, -0.1) is 11.3 Å². The molecule has 0 saturated heterocycles. The number of hydrogen-bond donors (Lipinski definition) is 2. The van der Waals surface area contributed by atoms with Crippen molar-refractivity contribution >= 4 is 22.9 Å². The smallest absolute Gasteiger partial charge is 0.279 e. The molecule has 1 aliphatic rings. The van der Waals surface area contributed by atoms with Crippen LogP contribution in [0.1, 0.15) is 23.4 Å². The summed E-state index contributed by atoms with van der Waals surface area (Å²) in [5.74, 6) is -0.324. The van der Waals surface area contributed by atoms with E-state index in [1.165, 1.54) is 27.5 Å². The number of benzene rings is 1. The molecule has 2 heterocycles. The molecule has 0 aliphatic carbocycles. The molecule has 2 atom stereocenters. The normalized spacial score (nSPS) is 20.9. The fraction of sp³-hybridized carbons (Fsp3) is 0.312. The molecule has 1 aromatic heterocycles. The number of quaternary nitrogens is 1. The van der Waals surface area contributed by atoms with Crippen molar-refractivity contribution in [3.8, 4) is 0 Å². The molecule has 3 nitrogen and oxygen atoms in total. The predicted octanol–water partition coefficient (Wildman–Crippen LogP) is 2.03. The first-order valence-electron chi connectivity index (χ1n) is 7.10. The van der Waals surface area contributed by atoms with Gasteiger partial charge in [-0.3, -0.25) is 4.79 Å². The Kier molecular flexibility index (Phi) is 4.03. The first-order valence-corrected chi connectivity index (χ1v) is 7.97. The maximum atomic E-state index is 12.8. The number of anilines is 1. The molecule has 0 spiro atoms. The van der Waals surface area contributed by atoms with Gasteiger partial charge in [0.2, 0.25) is 0 Å². The molecule has 1 aromatic carbocycles. The zero-order valence-electron chi connectivity index (χ0n) is 11.9. The van der Waals surface area contributed by atoms with Gasteiger partial charge < -0.3 is 10.2 Å². The highest BCUT2D eigenvalue weighted by Crippen LogP contribution is 2.24. The maximum absolute atomic E-state index is 12.8. The number of nitrogens with one attached hydrogen (secondary N) is 2. The number of carbonyl (C=O) groups is 1. The van der Waals surface area contributed by atoms with Gasteiger partial charge in [-0.2, -0.15) is 0 Å². The minimum absolute atomic E-state index is 0.0258. The van der Waals surface area contributed by atoms with Crippen molar-refractivity contribution in [2.24, 2.45) is 0 Å². The van der Waals surface area contributed by atoms with Crippen LogP contribution in [0.3, 0.4) is 0 Å². The zero-order chi connectivity index (χ0) is 14.8. The topological polar surface area (TPSA) is 33.5 Å². The van der Waals surface area contributed by atoms with Crippen molar-refractivity contribution in [1.29, 1.82) is 0 Å². The van der Waals surface area contributed by atoms with E-state index in [1.807, 2.05) is 0 Å². The summed E-state index contributed by atoms with van der Waals surface area (Å²) in [6.07, 6.45) is 1.04. The van der Waals surface area contributed by atoms with Crippen LogP contribution >= 0.6 is 11.3 Å². The molecular weight excluding hydrogens is 287 g/mol. The van der Waals surface area contributed by atoms with E-state index in [1.54, 1.807) is 23.5 Å². The summed E-state index contributed by atoms with van der Waals surface area (Å²) in [6.45, 7) is 3.59. The van der Waals surface area contributed by atoms with E-state index in [4.69, 9.17) is 0 Å². The molecule has 1 unspecified atom stereocenters. The highest BCUT2D eigenvalue weighted by molar-refractivity contribution is 7.10. The van der Waals surface area contributed by atoms with Crippen molar-refractivity contribution in [2.45, 2.75) is 19.4 Å². The lowest BCUT2D eigenvalue weighted by molar-refractivity contribution is -0.923. The molecule has 0 fully saturated rings. The quantitative estimate of drug-likeness (QED) is 0.894. The van der Waals surface area contributed by atoms with E-state index in [-0.39, 0.29) is 11.7 Å². The fourth-order valence-corrected chi connectivity index (χ4v) is 3.82. The Morgan fingerprint density at radius 2 is 2.14 bits per heavy atom. The Balaban J connectivity index is 1.62. The van der Waals surface area contributed by atoms with Crippen LogP contribution in [0.5, 0.6) is 0 Å². The lowest BCUT2D eigenvalue weighted by Crippen LogP contribution is -3.14. The lowest BCUT2D eigenvalue weighted by Gasteiger charge is -2.29. The van der Waals surface area contributed by atoms with Gasteiger partial charge in [-0.1, -0.05) is 0 Å². The van der Waals surface area contributed by atoms with E-state index in [2.05, 4.69) is 23.7 Å². The zero-order valence-corrected chi connectivity index (χ0v) is 12.7. The maximum Gasteiger partial charge on any atom is 0.279 e. The van der Waals surface area contributed by atoms with Gasteiger partial charge >= 0.3 is 0 Å². The Hall–Kier alpha value is -1.72. The highest BCUT2D eigenvalue weighted by Gasteiger charge is 2.29. The van der Waals surface area contributed by atoms with Crippen molar-refractivity contribution in [3.63, 3.8) is 0 Å². The van der Waals surface area contributed by atoms with Crippen LogP contribution in [0.15, 0.2) is 35.7 Å². The second-order valence-corrected chi connectivity index (χ2v) is 6.41. The third kappa shape index (κ3) is 3.14. The Morgan fingerprint density at radius 3 is 2.90 bits per heavy atom. The van der Waals surface area contributed by atoms with Crippen molar-refractivity contribution in [1.82, 2.24) is 0 Å². The summed E-state index contributed by atoms with van der Waals surface area (Å²) < 4.78 is 12.8. The Labute approximate surface area is 127 Å². The number of carbonyl (C=O) groups excluding carboxylic acids is 1. The molecule has 0 bridgehead atoms. The summed E-state index contributed by atoms with van der Waals surface area (Å²) in [5, 5.41) is 4.96. The molecule has 0 radical (unpaired) electrons. The first-order chi connectivity index (χ1) is 10.1. The molecular formula is C16H18FN2OS+. The summed E-state index contributed by atoms with van der Waals surface area (Å²) >= 11 is 1.80. The van der Waals surface area contributed by atoms with Crippen LogP contribution in [0.25, 0.3) is 0 Å². The molecule has 2 N–H and O–H groups in total. The average Bonchev–Trinajstić information content (AvgIpc) is 2.94. The standard InChI is InChI=1S/C16H17FN2OS/c1-11-14-7-9-21-15(14)6-8-19(11)10-16(20)18-13-4-2-12(17)3-5-13/h2-5,7,9,11H,6,8,10H2,1H3,(H,18,20)/p+1/t11-/m0/s1. The third-order valence-corrected chi connectivity index (χ3v) is 5.04. The number of halogens is 1. The predicted molar refractivity (Wildman–Crippen MR) is 82.2 cm³/mol. The summed E-state index contributed by atoms with van der Waals surface area (Å²) in [7, 11) is 0. The van der Waals surface area contributed by atoms with E-state index in [9.17, 15) is 9.18 Å². The fourth-order valence-electron chi connectivity index (χ4n) is 2.84. The van der Waals surface area contributed by atoms with E-state index >= 15 is 0 Å².